The summed E-state index contributed by atoms with van der Waals surface area (Å²) >= 11 is 0.987. The van der Waals surface area contributed by atoms with Gasteiger partial charge in [0, 0.05) is 12.7 Å². The molecule has 3 heterocycles. The predicted molar refractivity (Wildman–Crippen MR) is 93.4 cm³/mol. The molecule has 0 fully saturated rings. The Balaban J connectivity index is 1.53. The number of pyridine rings is 1. The maximum atomic E-state index is 12.6. The zero-order valence-electron chi connectivity index (χ0n) is 12.8. The number of rotatable bonds is 5. The van der Waals surface area contributed by atoms with E-state index in [4.69, 9.17) is 4.42 Å². The molecule has 0 amide bonds. The largest absolute Gasteiger partial charge is 0.463 e. The summed E-state index contributed by atoms with van der Waals surface area (Å²) in [4.78, 5) is 4.41. The topological polar surface area (TPSA) is 98.0 Å². The molecule has 0 unspecified atom stereocenters. The van der Waals surface area contributed by atoms with Crippen LogP contribution < -0.4 is 4.72 Å². The van der Waals surface area contributed by atoms with Gasteiger partial charge in [-0.2, -0.15) is 8.75 Å². The number of hydrogen-bond acceptors (Lipinski definition) is 7. The van der Waals surface area contributed by atoms with E-state index in [0.717, 1.165) is 17.3 Å². The van der Waals surface area contributed by atoms with E-state index in [2.05, 4.69) is 18.5 Å². The van der Waals surface area contributed by atoms with Crippen molar-refractivity contribution in [1.29, 1.82) is 0 Å². The molecule has 0 spiro atoms. The molecule has 0 bridgehead atoms. The molecule has 0 saturated carbocycles. The average molecular weight is 372 g/mol. The van der Waals surface area contributed by atoms with E-state index in [1.165, 1.54) is 6.07 Å². The quantitative estimate of drug-likeness (QED) is 0.578. The van der Waals surface area contributed by atoms with Gasteiger partial charge in [0.05, 0.1) is 18.0 Å². The lowest BCUT2D eigenvalue weighted by Gasteiger charge is -2.07. The molecule has 25 heavy (non-hydrogen) atoms. The number of nitrogens with one attached hydrogen (secondary N) is 1. The van der Waals surface area contributed by atoms with Crippen LogP contribution >= 0.6 is 11.7 Å². The molecule has 0 atom stereocenters. The third kappa shape index (κ3) is 3.16. The highest BCUT2D eigenvalue weighted by Crippen LogP contribution is 2.21. The van der Waals surface area contributed by atoms with Crippen LogP contribution in [0.3, 0.4) is 0 Å². The number of aromatic nitrogens is 3. The highest BCUT2D eigenvalue weighted by atomic mass is 32.2. The molecule has 0 aliphatic carbocycles. The van der Waals surface area contributed by atoms with Crippen LogP contribution in [-0.4, -0.2) is 22.1 Å². The van der Waals surface area contributed by atoms with Crippen LogP contribution in [0.2, 0.25) is 0 Å². The van der Waals surface area contributed by atoms with Crippen molar-refractivity contribution in [2.45, 2.75) is 11.4 Å². The summed E-state index contributed by atoms with van der Waals surface area (Å²) in [6.07, 6.45) is 3.19. The maximum absolute atomic E-state index is 12.6. The van der Waals surface area contributed by atoms with E-state index in [9.17, 15) is 8.42 Å². The average Bonchev–Trinajstić information content (AvgIpc) is 3.31. The fourth-order valence-corrected chi connectivity index (χ4v) is 4.14. The van der Waals surface area contributed by atoms with Gasteiger partial charge in [0.2, 0.25) is 10.0 Å². The maximum Gasteiger partial charge on any atom is 0.243 e. The fraction of sp³-hybridized carbons (Fsp3) is 0.0625. The molecule has 3 aromatic heterocycles. The van der Waals surface area contributed by atoms with E-state index in [1.54, 1.807) is 42.8 Å². The van der Waals surface area contributed by atoms with Crippen molar-refractivity contribution in [3.05, 3.63) is 60.5 Å². The fourth-order valence-electron chi connectivity index (χ4n) is 2.35. The molecule has 4 aromatic rings. The van der Waals surface area contributed by atoms with Gasteiger partial charge in [0.25, 0.3) is 0 Å². The van der Waals surface area contributed by atoms with Gasteiger partial charge in [-0.15, -0.1) is 0 Å². The highest BCUT2D eigenvalue weighted by Gasteiger charge is 2.19. The first-order valence-electron chi connectivity index (χ1n) is 7.33. The summed E-state index contributed by atoms with van der Waals surface area (Å²) in [7, 11) is -3.70. The normalized spacial score (nSPS) is 11.8. The number of benzene rings is 1. The van der Waals surface area contributed by atoms with Crippen LogP contribution in [-0.2, 0) is 16.6 Å². The summed E-state index contributed by atoms with van der Waals surface area (Å²) in [6, 6.07) is 12.1. The Morgan fingerprint density at radius 1 is 1.08 bits per heavy atom. The summed E-state index contributed by atoms with van der Waals surface area (Å²) in [6.45, 7) is 0.127. The van der Waals surface area contributed by atoms with E-state index < -0.39 is 10.0 Å². The highest BCUT2D eigenvalue weighted by molar-refractivity contribution is 7.89. The van der Waals surface area contributed by atoms with Crippen molar-refractivity contribution < 1.29 is 12.8 Å². The lowest BCUT2D eigenvalue weighted by atomic mass is 10.2. The van der Waals surface area contributed by atoms with Crippen LogP contribution in [0, 0.1) is 0 Å². The Hall–Kier alpha value is -2.62. The molecular weight excluding hydrogens is 360 g/mol. The first-order chi connectivity index (χ1) is 12.1. The molecule has 126 valence electrons. The zero-order chi connectivity index (χ0) is 17.3. The van der Waals surface area contributed by atoms with Gasteiger partial charge in [0.15, 0.2) is 5.76 Å². The molecule has 4 rings (SSSR count). The molecule has 0 aliphatic rings. The predicted octanol–water partition coefficient (Wildman–Crippen LogP) is 2.82. The second kappa shape index (κ2) is 6.36. The van der Waals surface area contributed by atoms with Gasteiger partial charge < -0.3 is 4.42 Å². The third-order valence-electron chi connectivity index (χ3n) is 3.60. The Morgan fingerprint density at radius 3 is 2.76 bits per heavy atom. The van der Waals surface area contributed by atoms with Gasteiger partial charge in [-0.1, -0.05) is 12.1 Å². The smallest absolute Gasteiger partial charge is 0.243 e. The standard InChI is InChI=1S/C16H12N4O3S2/c21-25(22,15-5-1-3-13-16(15)20-24-19-13)18-10-11-6-7-12(17-9-11)14-4-2-8-23-14/h1-9,18H,10H2. The van der Waals surface area contributed by atoms with Gasteiger partial charge in [-0.3, -0.25) is 4.98 Å². The van der Waals surface area contributed by atoms with Crippen molar-refractivity contribution in [1.82, 2.24) is 18.5 Å². The first kappa shape index (κ1) is 15.9. The first-order valence-corrected chi connectivity index (χ1v) is 9.54. The minimum absolute atomic E-state index is 0.124. The van der Waals surface area contributed by atoms with Crippen LogP contribution in [0.5, 0.6) is 0 Å². The molecule has 0 aliphatic heterocycles. The Morgan fingerprint density at radius 2 is 2.00 bits per heavy atom. The van der Waals surface area contributed by atoms with E-state index in [0.29, 0.717) is 22.5 Å². The Labute approximate surface area is 147 Å². The van der Waals surface area contributed by atoms with Crippen molar-refractivity contribution >= 4 is 32.8 Å². The molecule has 9 heteroatoms. The monoisotopic (exact) mass is 372 g/mol. The molecule has 1 aromatic carbocycles. The second-order valence-corrected chi connectivity index (χ2v) is 7.51. The number of sulfonamides is 1. The molecular formula is C16H12N4O3S2. The number of hydrogen-bond donors (Lipinski definition) is 1. The van der Waals surface area contributed by atoms with Crippen LogP contribution in [0.1, 0.15) is 5.56 Å². The summed E-state index contributed by atoms with van der Waals surface area (Å²) in [5.41, 5.74) is 2.38. The summed E-state index contributed by atoms with van der Waals surface area (Å²) in [5.74, 6) is 0.662. The summed E-state index contributed by atoms with van der Waals surface area (Å²) < 4.78 is 41.1. The molecule has 1 N–H and O–H groups in total. The van der Waals surface area contributed by atoms with Gasteiger partial charge >= 0.3 is 0 Å². The minimum atomic E-state index is -3.70. The van der Waals surface area contributed by atoms with E-state index >= 15 is 0 Å². The van der Waals surface area contributed by atoms with Crippen molar-refractivity contribution in [2.75, 3.05) is 0 Å². The van der Waals surface area contributed by atoms with Crippen LogP contribution in [0.15, 0.2) is 64.2 Å². The van der Waals surface area contributed by atoms with Gasteiger partial charge in [-0.25, -0.2) is 13.1 Å². The van der Waals surface area contributed by atoms with Crippen LogP contribution in [0.25, 0.3) is 22.5 Å². The van der Waals surface area contributed by atoms with Crippen molar-refractivity contribution in [3.63, 3.8) is 0 Å². The van der Waals surface area contributed by atoms with Crippen LogP contribution in [0.4, 0.5) is 0 Å². The van der Waals surface area contributed by atoms with Crippen molar-refractivity contribution in [3.8, 4) is 11.5 Å². The molecule has 7 nitrogen and oxygen atoms in total. The lowest BCUT2D eigenvalue weighted by Crippen LogP contribution is -2.23. The second-order valence-electron chi connectivity index (χ2n) is 5.24. The van der Waals surface area contributed by atoms with E-state index in [1.807, 2.05) is 6.07 Å². The Kier molecular flexibility index (Phi) is 4.04. The van der Waals surface area contributed by atoms with E-state index in [-0.39, 0.29) is 11.4 Å². The van der Waals surface area contributed by atoms with Gasteiger partial charge in [0.1, 0.15) is 21.6 Å². The minimum Gasteiger partial charge on any atom is -0.463 e. The SMILES string of the molecule is O=S(=O)(NCc1ccc(-c2ccco2)nc1)c1cccc2nsnc12. The van der Waals surface area contributed by atoms with Crippen molar-refractivity contribution in [2.24, 2.45) is 0 Å². The number of fused-ring (bicyclic) bond motifs is 1. The third-order valence-corrected chi connectivity index (χ3v) is 5.58. The number of nitrogens with zero attached hydrogens (tertiary/aromatic N) is 3. The molecule has 0 saturated heterocycles. The number of furan rings is 1. The Bertz CT molecular complexity index is 1100. The molecule has 0 radical (unpaired) electrons. The lowest BCUT2D eigenvalue weighted by molar-refractivity contribution is 0.579. The zero-order valence-corrected chi connectivity index (χ0v) is 14.4. The summed E-state index contributed by atoms with van der Waals surface area (Å²) in [5, 5.41) is 0. The van der Waals surface area contributed by atoms with Gasteiger partial charge in [-0.05, 0) is 35.9 Å².